The molecule has 14 heteroatoms. The number of hydrogen-bond acceptors (Lipinski definition) is 11. The minimum atomic E-state index is -0.670. The van der Waals surface area contributed by atoms with E-state index >= 15 is 0 Å². The van der Waals surface area contributed by atoms with Crippen LogP contribution in [-0.2, 0) is 0 Å². The normalized spacial score (nSPS) is 11.0. The largest absolute Gasteiger partial charge is 0.493 e. The molecule has 0 aliphatic rings. The number of nitrogens with one attached hydrogen (secondary N) is 1. The smallest absolute Gasteiger partial charge is 0.294 e. The van der Waals surface area contributed by atoms with Gasteiger partial charge in [0.1, 0.15) is 5.69 Å². The molecular weight excluding hydrogens is 480 g/mol. The van der Waals surface area contributed by atoms with Gasteiger partial charge < -0.3 is 19.9 Å². The summed E-state index contributed by atoms with van der Waals surface area (Å²) in [4.78, 5) is 13.0. The highest BCUT2D eigenvalue weighted by molar-refractivity contribution is 6.33. The second-order valence-corrected chi connectivity index (χ2v) is 7.18. The Morgan fingerprint density at radius 2 is 1.89 bits per heavy atom. The monoisotopic (exact) mass is 498 g/mol. The van der Waals surface area contributed by atoms with E-state index in [1.807, 2.05) is 0 Å². The van der Waals surface area contributed by atoms with Gasteiger partial charge in [-0.15, -0.1) is 5.10 Å². The lowest BCUT2D eigenvalue weighted by Crippen LogP contribution is -2.19. The SMILES string of the molecule is COc1ccc(/C=N/NC(=O)c2nnn(-c3nonc3N)c2-c2ccccc2Cl)c(OC)c1OC. The highest BCUT2D eigenvalue weighted by Gasteiger charge is 2.26. The Labute approximate surface area is 203 Å². The van der Waals surface area contributed by atoms with Crippen LogP contribution >= 0.6 is 11.6 Å². The number of carbonyl (C=O) groups is 1. The number of methoxy groups -OCH3 is 3. The number of hydrazone groups is 1. The van der Waals surface area contributed by atoms with Gasteiger partial charge in [0.25, 0.3) is 5.91 Å². The molecule has 0 fully saturated rings. The van der Waals surface area contributed by atoms with E-state index in [-0.39, 0.29) is 23.0 Å². The Bertz CT molecular complexity index is 1400. The van der Waals surface area contributed by atoms with Crippen LogP contribution in [0.2, 0.25) is 5.02 Å². The molecule has 0 aliphatic carbocycles. The lowest BCUT2D eigenvalue weighted by molar-refractivity contribution is 0.0950. The number of anilines is 1. The van der Waals surface area contributed by atoms with Crippen LogP contribution in [0.4, 0.5) is 5.82 Å². The van der Waals surface area contributed by atoms with Crippen LogP contribution in [0.5, 0.6) is 17.2 Å². The fourth-order valence-electron chi connectivity index (χ4n) is 3.26. The summed E-state index contributed by atoms with van der Waals surface area (Å²) < 4.78 is 21.9. The molecule has 0 atom stereocenters. The zero-order valence-electron chi connectivity index (χ0n) is 18.7. The first kappa shape index (κ1) is 23.5. The predicted molar refractivity (Wildman–Crippen MR) is 125 cm³/mol. The van der Waals surface area contributed by atoms with Gasteiger partial charge in [0.15, 0.2) is 17.2 Å². The van der Waals surface area contributed by atoms with E-state index in [0.717, 1.165) is 0 Å². The van der Waals surface area contributed by atoms with Crippen LogP contribution in [0, 0.1) is 0 Å². The van der Waals surface area contributed by atoms with Crippen molar-refractivity contribution in [1.82, 2.24) is 30.7 Å². The number of carbonyl (C=O) groups excluding carboxylic acids is 1. The molecule has 0 bridgehead atoms. The molecule has 2 aromatic heterocycles. The molecule has 1 amide bonds. The van der Waals surface area contributed by atoms with E-state index in [4.69, 9.17) is 31.5 Å². The van der Waals surface area contributed by atoms with Crippen molar-refractivity contribution in [2.24, 2.45) is 5.10 Å². The van der Waals surface area contributed by atoms with Gasteiger partial charge in [0.2, 0.25) is 17.4 Å². The first-order valence-corrected chi connectivity index (χ1v) is 10.3. The Hall–Kier alpha value is -4.65. The summed E-state index contributed by atoms with van der Waals surface area (Å²) in [6, 6.07) is 10.2. The second-order valence-electron chi connectivity index (χ2n) is 6.77. The molecule has 4 aromatic rings. The summed E-state index contributed by atoms with van der Waals surface area (Å²) in [5, 5.41) is 19.6. The number of ether oxygens (including phenoxy) is 3. The number of nitrogens with two attached hydrogens (primary N) is 1. The summed E-state index contributed by atoms with van der Waals surface area (Å²) in [5.74, 6) is 0.568. The molecule has 0 spiro atoms. The van der Waals surface area contributed by atoms with Crippen molar-refractivity contribution in [3.05, 3.63) is 52.7 Å². The Morgan fingerprint density at radius 1 is 1.11 bits per heavy atom. The van der Waals surface area contributed by atoms with Crippen LogP contribution < -0.4 is 25.4 Å². The maximum absolute atomic E-state index is 13.0. The van der Waals surface area contributed by atoms with Crippen molar-refractivity contribution in [3.63, 3.8) is 0 Å². The zero-order chi connectivity index (χ0) is 24.9. The topological polar surface area (TPSA) is 165 Å². The number of rotatable bonds is 8. The highest BCUT2D eigenvalue weighted by atomic mass is 35.5. The predicted octanol–water partition coefficient (Wildman–Crippen LogP) is 2.34. The summed E-state index contributed by atoms with van der Waals surface area (Å²) >= 11 is 6.38. The van der Waals surface area contributed by atoms with Gasteiger partial charge in [0, 0.05) is 11.1 Å². The molecule has 2 aromatic carbocycles. The zero-order valence-corrected chi connectivity index (χ0v) is 19.5. The fourth-order valence-corrected chi connectivity index (χ4v) is 3.48. The average Bonchev–Trinajstić information content (AvgIpc) is 3.49. The molecule has 35 heavy (non-hydrogen) atoms. The molecule has 0 saturated heterocycles. The third-order valence-electron chi connectivity index (χ3n) is 4.81. The van der Waals surface area contributed by atoms with E-state index in [1.165, 1.54) is 32.2 Å². The van der Waals surface area contributed by atoms with Gasteiger partial charge in [0.05, 0.1) is 32.6 Å². The van der Waals surface area contributed by atoms with Crippen LogP contribution in [0.25, 0.3) is 17.1 Å². The second kappa shape index (κ2) is 10.1. The summed E-state index contributed by atoms with van der Waals surface area (Å²) in [7, 11) is 4.48. The minimum Gasteiger partial charge on any atom is -0.493 e. The van der Waals surface area contributed by atoms with Crippen LogP contribution in [0.1, 0.15) is 16.1 Å². The number of nitrogen functional groups attached to an aromatic ring is 1. The molecular formula is C21H19ClN8O5. The van der Waals surface area contributed by atoms with Crippen LogP contribution in [-0.4, -0.2) is 58.8 Å². The molecule has 0 unspecified atom stereocenters. The summed E-state index contributed by atoms with van der Waals surface area (Å²) in [6.07, 6.45) is 1.39. The van der Waals surface area contributed by atoms with Crippen molar-refractivity contribution in [2.75, 3.05) is 27.1 Å². The van der Waals surface area contributed by atoms with E-state index in [2.05, 4.69) is 35.8 Å². The summed E-state index contributed by atoms with van der Waals surface area (Å²) in [5.41, 5.74) is 9.35. The van der Waals surface area contributed by atoms with Crippen molar-refractivity contribution in [2.45, 2.75) is 0 Å². The van der Waals surface area contributed by atoms with Gasteiger partial charge in [-0.25, -0.2) is 10.1 Å². The molecule has 0 radical (unpaired) electrons. The molecule has 0 saturated carbocycles. The number of hydrogen-bond donors (Lipinski definition) is 2. The number of nitrogens with zero attached hydrogens (tertiary/aromatic N) is 6. The quantitative estimate of drug-likeness (QED) is 0.272. The fraction of sp³-hybridized carbons (Fsp3) is 0.143. The Kier molecular flexibility index (Phi) is 6.78. The van der Waals surface area contributed by atoms with Gasteiger partial charge in [-0.05, 0) is 28.5 Å². The van der Waals surface area contributed by atoms with Crippen molar-refractivity contribution < 1.29 is 23.6 Å². The summed E-state index contributed by atoms with van der Waals surface area (Å²) in [6.45, 7) is 0. The Balaban J connectivity index is 1.69. The molecule has 13 nitrogen and oxygen atoms in total. The lowest BCUT2D eigenvalue weighted by Gasteiger charge is -2.13. The lowest BCUT2D eigenvalue weighted by atomic mass is 10.1. The Morgan fingerprint density at radius 3 is 2.54 bits per heavy atom. The third-order valence-corrected chi connectivity index (χ3v) is 5.14. The number of halogens is 1. The maximum atomic E-state index is 13.0. The number of benzene rings is 2. The van der Waals surface area contributed by atoms with Gasteiger partial charge in [-0.1, -0.05) is 35.0 Å². The van der Waals surface area contributed by atoms with Gasteiger partial charge in [-0.2, -0.15) is 9.78 Å². The third kappa shape index (κ3) is 4.44. The molecule has 2 heterocycles. The molecule has 0 aliphatic heterocycles. The van der Waals surface area contributed by atoms with Crippen LogP contribution in [0.15, 0.2) is 46.1 Å². The average molecular weight is 499 g/mol. The van der Waals surface area contributed by atoms with Gasteiger partial charge in [-0.3, -0.25) is 4.79 Å². The standard InChI is InChI=1S/C21H19ClN8O5/c1-32-14-9-8-11(17(33-2)18(14)34-3)10-24-26-21(31)15-16(12-6-4-5-7-13(12)22)30(29-25-15)20-19(23)27-35-28-20/h4-10H,1-3H3,(H2,23,27)(H,26,31)/b24-10+. The van der Waals surface area contributed by atoms with E-state index in [1.54, 1.807) is 36.4 Å². The van der Waals surface area contributed by atoms with Crippen molar-refractivity contribution in [3.8, 4) is 34.3 Å². The van der Waals surface area contributed by atoms with Gasteiger partial charge >= 0.3 is 0 Å². The maximum Gasteiger partial charge on any atom is 0.294 e. The van der Waals surface area contributed by atoms with Crippen molar-refractivity contribution >= 4 is 29.5 Å². The van der Waals surface area contributed by atoms with E-state index < -0.39 is 5.91 Å². The van der Waals surface area contributed by atoms with Crippen molar-refractivity contribution in [1.29, 1.82) is 0 Å². The van der Waals surface area contributed by atoms with E-state index in [9.17, 15) is 4.79 Å². The molecule has 4 rings (SSSR count). The highest BCUT2D eigenvalue weighted by Crippen LogP contribution is 2.39. The first-order valence-electron chi connectivity index (χ1n) is 9.91. The molecule has 180 valence electrons. The van der Waals surface area contributed by atoms with E-state index in [0.29, 0.717) is 33.4 Å². The minimum absolute atomic E-state index is 0.0463. The first-order chi connectivity index (χ1) is 17.0. The number of amides is 1. The van der Waals surface area contributed by atoms with Crippen LogP contribution in [0.3, 0.4) is 0 Å². The molecule has 3 N–H and O–H groups in total. The number of aromatic nitrogens is 5.